The van der Waals surface area contributed by atoms with Gasteiger partial charge in [-0.3, -0.25) is 9.78 Å². The van der Waals surface area contributed by atoms with Crippen LogP contribution >= 0.6 is 0 Å². The van der Waals surface area contributed by atoms with Gasteiger partial charge in [0.05, 0.1) is 6.20 Å². The van der Waals surface area contributed by atoms with Gasteiger partial charge in [0.1, 0.15) is 5.56 Å². The topological polar surface area (TPSA) is 68.0 Å². The number of carbonyl (C=O) groups excluding carboxylic acids is 1. The molecule has 5 nitrogen and oxygen atoms in total. The first-order chi connectivity index (χ1) is 10.3. The molecule has 0 saturated heterocycles. The number of nitrogens with one attached hydrogen (secondary N) is 1. The van der Waals surface area contributed by atoms with Crippen molar-refractivity contribution >= 4 is 5.91 Å². The van der Waals surface area contributed by atoms with Crippen molar-refractivity contribution in [3.63, 3.8) is 0 Å². The van der Waals surface area contributed by atoms with E-state index >= 15 is 0 Å². The molecule has 0 aliphatic heterocycles. The van der Waals surface area contributed by atoms with Crippen LogP contribution in [0.2, 0.25) is 0 Å². The molecule has 3 rings (SSSR count). The quantitative estimate of drug-likeness (QED) is 0.797. The Balaban J connectivity index is 1.76. The van der Waals surface area contributed by atoms with Gasteiger partial charge in [-0.05, 0) is 11.6 Å². The summed E-state index contributed by atoms with van der Waals surface area (Å²) in [5.74, 6) is 0.248. The zero-order valence-electron chi connectivity index (χ0n) is 11.2. The lowest BCUT2D eigenvalue weighted by atomic mass is 10.1. The molecule has 5 heteroatoms. The number of amides is 1. The Bertz CT molecular complexity index is 724. The lowest BCUT2D eigenvalue weighted by Gasteiger charge is -2.04. The molecule has 1 N–H and O–H groups in total. The Labute approximate surface area is 121 Å². The minimum absolute atomic E-state index is 0.223. The molecule has 0 fully saturated rings. The third kappa shape index (κ3) is 2.97. The minimum atomic E-state index is -0.223. The zero-order chi connectivity index (χ0) is 14.5. The molecule has 0 saturated carbocycles. The number of pyridine rings is 1. The molecule has 1 amide bonds. The maximum absolute atomic E-state index is 12.2. The number of rotatable bonds is 4. The summed E-state index contributed by atoms with van der Waals surface area (Å²) in [5, 5.41) is 6.56. The van der Waals surface area contributed by atoms with Crippen molar-refractivity contribution in [2.45, 2.75) is 6.54 Å². The fourth-order valence-corrected chi connectivity index (χ4v) is 1.98. The highest BCUT2D eigenvalue weighted by Gasteiger charge is 2.17. The second kappa shape index (κ2) is 6.00. The largest absolute Gasteiger partial charge is 0.355 e. The lowest BCUT2D eigenvalue weighted by molar-refractivity contribution is 0.0951. The Kier molecular flexibility index (Phi) is 3.73. The van der Waals surface area contributed by atoms with Crippen LogP contribution in [0.4, 0.5) is 0 Å². The van der Waals surface area contributed by atoms with Crippen molar-refractivity contribution in [3.8, 4) is 11.3 Å². The van der Waals surface area contributed by atoms with E-state index in [9.17, 15) is 4.79 Å². The van der Waals surface area contributed by atoms with Crippen LogP contribution < -0.4 is 5.32 Å². The molecule has 1 aromatic carbocycles. The van der Waals surface area contributed by atoms with Gasteiger partial charge < -0.3 is 9.84 Å². The summed E-state index contributed by atoms with van der Waals surface area (Å²) in [7, 11) is 0. The summed E-state index contributed by atoms with van der Waals surface area (Å²) in [6.07, 6.45) is 4.84. The zero-order valence-corrected chi connectivity index (χ0v) is 11.2. The van der Waals surface area contributed by atoms with Crippen molar-refractivity contribution < 1.29 is 9.32 Å². The summed E-state index contributed by atoms with van der Waals surface area (Å²) in [4.78, 5) is 16.3. The molecule has 2 heterocycles. The third-order valence-corrected chi connectivity index (χ3v) is 3.03. The van der Waals surface area contributed by atoms with Gasteiger partial charge in [-0.15, -0.1) is 0 Å². The number of nitrogens with zero attached hydrogens (tertiary/aromatic N) is 2. The van der Waals surface area contributed by atoms with Gasteiger partial charge in [-0.1, -0.05) is 41.6 Å². The summed E-state index contributed by atoms with van der Waals surface area (Å²) >= 11 is 0. The Morgan fingerprint density at radius 3 is 2.71 bits per heavy atom. The maximum atomic E-state index is 12.2. The molecule has 0 atom stereocenters. The second-order valence-corrected chi connectivity index (χ2v) is 4.48. The number of hydrogen-bond acceptors (Lipinski definition) is 4. The molecule has 21 heavy (non-hydrogen) atoms. The monoisotopic (exact) mass is 279 g/mol. The van der Waals surface area contributed by atoms with E-state index in [1.807, 2.05) is 42.5 Å². The van der Waals surface area contributed by atoms with Gasteiger partial charge in [0.2, 0.25) is 0 Å². The molecule has 0 radical (unpaired) electrons. The second-order valence-electron chi connectivity index (χ2n) is 4.48. The molecule has 2 aromatic heterocycles. The fraction of sp³-hybridized carbons (Fsp3) is 0.0625. The third-order valence-electron chi connectivity index (χ3n) is 3.03. The molecular formula is C16H13N3O2. The standard InChI is InChI=1S/C16H13N3O2/c20-16(18-10-12-5-4-8-17-9-12)14-11-19-21-15(14)13-6-2-1-3-7-13/h1-9,11H,10H2,(H,18,20). The molecule has 0 aliphatic rings. The van der Waals surface area contributed by atoms with Crippen molar-refractivity contribution in [2.75, 3.05) is 0 Å². The Hall–Kier alpha value is -2.95. The van der Waals surface area contributed by atoms with Gasteiger partial charge in [0.25, 0.3) is 5.91 Å². The number of benzene rings is 1. The first-order valence-electron chi connectivity index (χ1n) is 6.52. The summed E-state index contributed by atoms with van der Waals surface area (Å²) in [5.41, 5.74) is 2.18. The predicted molar refractivity (Wildman–Crippen MR) is 77.3 cm³/mol. The van der Waals surface area contributed by atoms with Crippen LogP contribution in [0.1, 0.15) is 15.9 Å². The van der Waals surface area contributed by atoms with E-state index in [2.05, 4.69) is 15.5 Å². The predicted octanol–water partition coefficient (Wildman–Crippen LogP) is 2.67. The highest BCUT2D eigenvalue weighted by molar-refractivity contribution is 5.99. The number of carbonyl (C=O) groups is 1. The van der Waals surface area contributed by atoms with Crippen LogP contribution in [0.5, 0.6) is 0 Å². The van der Waals surface area contributed by atoms with E-state index in [0.29, 0.717) is 17.9 Å². The Morgan fingerprint density at radius 2 is 1.95 bits per heavy atom. The van der Waals surface area contributed by atoms with Crippen LogP contribution in [0.15, 0.2) is 65.6 Å². The smallest absolute Gasteiger partial charge is 0.257 e. The van der Waals surface area contributed by atoms with E-state index in [0.717, 1.165) is 11.1 Å². The minimum Gasteiger partial charge on any atom is -0.355 e. The highest BCUT2D eigenvalue weighted by atomic mass is 16.5. The molecule has 104 valence electrons. The summed E-state index contributed by atoms with van der Waals surface area (Å²) in [6, 6.07) is 13.2. The first-order valence-corrected chi connectivity index (χ1v) is 6.52. The van der Waals surface area contributed by atoms with E-state index in [-0.39, 0.29) is 5.91 Å². The average molecular weight is 279 g/mol. The number of aromatic nitrogens is 2. The van der Waals surface area contributed by atoms with Crippen LogP contribution in [0.25, 0.3) is 11.3 Å². The van der Waals surface area contributed by atoms with Crippen LogP contribution in [0, 0.1) is 0 Å². The van der Waals surface area contributed by atoms with Crippen LogP contribution in [-0.4, -0.2) is 16.0 Å². The van der Waals surface area contributed by atoms with E-state index in [1.165, 1.54) is 6.20 Å². The van der Waals surface area contributed by atoms with Gasteiger partial charge in [0.15, 0.2) is 5.76 Å². The highest BCUT2D eigenvalue weighted by Crippen LogP contribution is 2.23. The normalized spacial score (nSPS) is 10.3. The summed E-state index contributed by atoms with van der Waals surface area (Å²) < 4.78 is 5.20. The Morgan fingerprint density at radius 1 is 1.10 bits per heavy atom. The van der Waals surface area contributed by atoms with Crippen molar-refractivity contribution in [3.05, 3.63) is 72.2 Å². The van der Waals surface area contributed by atoms with Crippen molar-refractivity contribution in [2.24, 2.45) is 0 Å². The van der Waals surface area contributed by atoms with E-state index in [1.54, 1.807) is 12.4 Å². The maximum Gasteiger partial charge on any atom is 0.257 e. The van der Waals surface area contributed by atoms with E-state index in [4.69, 9.17) is 4.52 Å². The van der Waals surface area contributed by atoms with Crippen LogP contribution in [-0.2, 0) is 6.54 Å². The van der Waals surface area contributed by atoms with Gasteiger partial charge in [-0.2, -0.15) is 0 Å². The van der Waals surface area contributed by atoms with Crippen LogP contribution in [0.3, 0.4) is 0 Å². The SMILES string of the molecule is O=C(NCc1cccnc1)c1cnoc1-c1ccccc1. The molecule has 0 bridgehead atoms. The van der Waals surface area contributed by atoms with Gasteiger partial charge >= 0.3 is 0 Å². The lowest BCUT2D eigenvalue weighted by Crippen LogP contribution is -2.22. The first kappa shape index (κ1) is 13.1. The fourth-order valence-electron chi connectivity index (χ4n) is 1.98. The van der Waals surface area contributed by atoms with E-state index < -0.39 is 0 Å². The van der Waals surface area contributed by atoms with Crippen molar-refractivity contribution in [1.82, 2.24) is 15.5 Å². The number of hydrogen-bond donors (Lipinski definition) is 1. The molecule has 0 aliphatic carbocycles. The van der Waals surface area contributed by atoms with Crippen molar-refractivity contribution in [1.29, 1.82) is 0 Å². The molecule has 0 spiro atoms. The summed E-state index contributed by atoms with van der Waals surface area (Å²) in [6.45, 7) is 0.409. The average Bonchev–Trinajstić information content (AvgIpc) is 3.04. The molecule has 0 unspecified atom stereocenters. The van der Waals surface area contributed by atoms with Gasteiger partial charge in [-0.25, -0.2) is 0 Å². The molecule has 3 aromatic rings. The van der Waals surface area contributed by atoms with Gasteiger partial charge in [0, 0.05) is 24.5 Å². The molecular weight excluding hydrogens is 266 g/mol.